The number of benzene rings is 1. The summed E-state index contributed by atoms with van der Waals surface area (Å²) in [6, 6.07) is 8.33. The van der Waals surface area contributed by atoms with Gasteiger partial charge in [-0.2, -0.15) is 0 Å². The molecule has 0 saturated carbocycles. The average molecular weight is 292 g/mol. The van der Waals surface area contributed by atoms with Crippen LogP contribution in [-0.4, -0.2) is 17.5 Å². The highest BCUT2D eigenvalue weighted by molar-refractivity contribution is 6.33. The minimum Gasteiger partial charge on any atom is -0.491 e. The summed E-state index contributed by atoms with van der Waals surface area (Å²) >= 11 is 5.95. The third-order valence-electron chi connectivity index (χ3n) is 2.57. The molecule has 3 N–H and O–H groups in total. The van der Waals surface area contributed by atoms with Crippen molar-refractivity contribution in [2.75, 3.05) is 17.7 Å². The van der Waals surface area contributed by atoms with Crippen LogP contribution >= 0.6 is 11.6 Å². The molecule has 5 nitrogen and oxygen atoms in total. The number of rotatable bonds is 4. The molecule has 1 heterocycles. The largest absolute Gasteiger partial charge is 0.491 e. The van der Waals surface area contributed by atoms with E-state index in [1.165, 1.54) is 0 Å². The first-order valence-corrected chi connectivity index (χ1v) is 6.44. The van der Waals surface area contributed by atoms with Crippen LogP contribution in [0.1, 0.15) is 17.3 Å². The van der Waals surface area contributed by atoms with Gasteiger partial charge in [-0.3, -0.25) is 4.79 Å². The summed E-state index contributed by atoms with van der Waals surface area (Å²) in [5, 5.41) is 3.00. The lowest BCUT2D eigenvalue weighted by Crippen LogP contribution is -2.15. The Morgan fingerprint density at radius 1 is 1.40 bits per heavy atom. The molecule has 1 amide bonds. The summed E-state index contributed by atoms with van der Waals surface area (Å²) in [5.41, 5.74) is 6.57. The molecular weight excluding hydrogens is 278 g/mol. The summed E-state index contributed by atoms with van der Waals surface area (Å²) < 4.78 is 5.42. The van der Waals surface area contributed by atoms with E-state index in [4.69, 9.17) is 22.1 Å². The molecule has 0 fully saturated rings. The fourth-order valence-corrected chi connectivity index (χ4v) is 1.86. The number of hydrogen-bond donors (Lipinski definition) is 2. The smallest absolute Gasteiger partial charge is 0.260 e. The maximum absolute atomic E-state index is 12.3. The lowest BCUT2D eigenvalue weighted by atomic mass is 10.1. The number of pyridine rings is 1. The first-order chi connectivity index (χ1) is 9.63. The van der Waals surface area contributed by atoms with Gasteiger partial charge in [-0.1, -0.05) is 17.7 Å². The zero-order valence-electron chi connectivity index (χ0n) is 10.9. The molecule has 20 heavy (non-hydrogen) atoms. The van der Waals surface area contributed by atoms with E-state index in [0.717, 1.165) is 0 Å². The Labute approximate surface area is 121 Å². The Morgan fingerprint density at radius 3 is 2.90 bits per heavy atom. The van der Waals surface area contributed by atoms with Crippen LogP contribution in [0.15, 0.2) is 36.5 Å². The molecule has 0 atom stereocenters. The van der Waals surface area contributed by atoms with Crippen molar-refractivity contribution < 1.29 is 9.53 Å². The van der Waals surface area contributed by atoms with Gasteiger partial charge in [0.15, 0.2) is 11.6 Å². The maximum Gasteiger partial charge on any atom is 0.260 e. The Morgan fingerprint density at radius 2 is 2.20 bits per heavy atom. The van der Waals surface area contributed by atoms with Gasteiger partial charge in [0.25, 0.3) is 5.91 Å². The quantitative estimate of drug-likeness (QED) is 0.849. The van der Waals surface area contributed by atoms with Crippen molar-refractivity contribution in [1.82, 2.24) is 4.98 Å². The van der Waals surface area contributed by atoms with Gasteiger partial charge in [-0.25, -0.2) is 4.98 Å². The zero-order chi connectivity index (χ0) is 14.5. The van der Waals surface area contributed by atoms with Crippen LogP contribution in [0.2, 0.25) is 5.02 Å². The summed E-state index contributed by atoms with van der Waals surface area (Å²) in [7, 11) is 0. The van der Waals surface area contributed by atoms with Gasteiger partial charge in [0.05, 0.1) is 22.9 Å². The van der Waals surface area contributed by atoms with Crippen LogP contribution in [0.5, 0.6) is 5.75 Å². The van der Waals surface area contributed by atoms with Crippen LogP contribution in [-0.2, 0) is 0 Å². The summed E-state index contributed by atoms with van der Waals surface area (Å²) in [4.78, 5) is 16.3. The molecule has 2 rings (SSSR count). The van der Waals surface area contributed by atoms with Crippen molar-refractivity contribution in [1.29, 1.82) is 0 Å². The fourth-order valence-electron chi connectivity index (χ4n) is 1.69. The number of amides is 1. The van der Waals surface area contributed by atoms with Crippen LogP contribution < -0.4 is 15.8 Å². The number of para-hydroxylation sites is 1. The number of nitrogens with two attached hydrogens (primary N) is 1. The number of halogens is 1. The highest BCUT2D eigenvalue weighted by Gasteiger charge is 2.16. The summed E-state index contributed by atoms with van der Waals surface area (Å²) in [6.45, 7) is 2.24. The summed E-state index contributed by atoms with van der Waals surface area (Å²) in [5.74, 6) is 0.282. The first kappa shape index (κ1) is 14.1. The van der Waals surface area contributed by atoms with Crippen molar-refractivity contribution in [3.05, 3.63) is 47.1 Å². The number of nitrogens with zero attached hydrogens (tertiary/aromatic N) is 1. The third-order valence-corrected chi connectivity index (χ3v) is 2.87. The zero-order valence-corrected chi connectivity index (χ0v) is 11.6. The molecular formula is C14H14ClN3O2. The normalized spacial score (nSPS) is 10.1. The van der Waals surface area contributed by atoms with Crippen molar-refractivity contribution in [3.63, 3.8) is 0 Å². The Bertz CT molecular complexity index is 632. The minimum absolute atomic E-state index is 0.295. The van der Waals surface area contributed by atoms with Gasteiger partial charge in [-0.05, 0) is 31.2 Å². The molecule has 0 aliphatic rings. The average Bonchev–Trinajstić information content (AvgIpc) is 2.43. The number of carbonyl (C=O) groups is 1. The van der Waals surface area contributed by atoms with E-state index in [9.17, 15) is 4.79 Å². The van der Waals surface area contributed by atoms with Crippen LogP contribution in [0.25, 0.3) is 0 Å². The number of hydrogen-bond acceptors (Lipinski definition) is 4. The van der Waals surface area contributed by atoms with Crippen molar-refractivity contribution in [3.8, 4) is 5.75 Å². The highest BCUT2D eigenvalue weighted by Crippen LogP contribution is 2.27. The number of carbonyl (C=O) groups excluding carboxylic acids is 1. The van der Waals surface area contributed by atoms with E-state index in [1.54, 1.807) is 36.5 Å². The molecule has 0 bridgehead atoms. The van der Waals surface area contributed by atoms with Crippen LogP contribution in [0.4, 0.5) is 11.5 Å². The van der Waals surface area contributed by atoms with E-state index in [0.29, 0.717) is 34.4 Å². The standard InChI is InChI=1S/C14H14ClN3O2/c1-2-20-12-9(5-3-7-11(12)16)14(19)18-13-10(15)6-4-8-17-13/h3-8H,2,16H2,1H3,(H,17,18,19). The molecule has 2 aromatic rings. The van der Waals surface area contributed by atoms with Gasteiger partial charge < -0.3 is 15.8 Å². The van der Waals surface area contributed by atoms with Gasteiger partial charge in [0.2, 0.25) is 0 Å². The highest BCUT2D eigenvalue weighted by atomic mass is 35.5. The lowest BCUT2D eigenvalue weighted by Gasteiger charge is -2.12. The Hall–Kier alpha value is -2.27. The number of nitrogens with one attached hydrogen (secondary N) is 1. The molecule has 0 aliphatic carbocycles. The van der Waals surface area contributed by atoms with Gasteiger partial charge in [0, 0.05) is 6.20 Å². The number of anilines is 2. The molecule has 104 valence electrons. The predicted molar refractivity (Wildman–Crippen MR) is 79.2 cm³/mol. The Kier molecular flexibility index (Phi) is 4.42. The van der Waals surface area contributed by atoms with Crippen LogP contribution in [0, 0.1) is 0 Å². The third kappa shape index (κ3) is 3.00. The predicted octanol–water partition coefficient (Wildman–Crippen LogP) is 2.97. The molecule has 0 saturated heterocycles. The maximum atomic E-state index is 12.3. The summed E-state index contributed by atoms with van der Waals surface area (Å²) in [6.07, 6.45) is 1.55. The number of aromatic nitrogens is 1. The number of ether oxygens (including phenoxy) is 1. The first-order valence-electron chi connectivity index (χ1n) is 6.06. The SMILES string of the molecule is CCOc1c(N)cccc1C(=O)Nc1ncccc1Cl. The fraction of sp³-hybridized carbons (Fsp3) is 0.143. The lowest BCUT2D eigenvalue weighted by molar-refractivity contribution is 0.102. The monoisotopic (exact) mass is 291 g/mol. The minimum atomic E-state index is -0.374. The van der Waals surface area contributed by atoms with E-state index in [1.807, 2.05) is 6.92 Å². The molecule has 0 aliphatic heterocycles. The topological polar surface area (TPSA) is 77.2 Å². The molecule has 0 spiro atoms. The van der Waals surface area contributed by atoms with Crippen LogP contribution in [0.3, 0.4) is 0 Å². The van der Waals surface area contributed by atoms with Gasteiger partial charge >= 0.3 is 0 Å². The van der Waals surface area contributed by atoms with Gasteiger partial charge in [-0.15, -0.1) is 0 Å². The Balaban J connectivity index is 2.30. The van der Waals surface area contributed by atoms with E-state index >= 15 is 0 Å². The van der Waals surface area contributed by atoms with Crippen molar-refractivity contribution in [2.45, 2.75) is 6.92 Å². The second kappa shape index (κ2) is 6.25. The van der Waals surface area contributed by atoms with E-state index in [2.05, 4.69) is 10.3 Å². The molecule has 6 heteroatoms. The van der Waals surface area contributed by atoms with E-state index < -0.39 is 0 Å². The molecule has 1 aromatic carbocycles. The van der Waals surface area contributed by atoms with Crippen molar-refractivity contribution in [2.24, 2.45) is 0 Å². The molecule has 0 radical (unpaired) electrons. The van der Waals surface area contributed by atoms with E-state index in [-0.39, 0.29) is 5.91 Å². The second-order valence-electron chi connectivity index (χ2n) is 3.94. The van der Waals surface area contributed by atoms with Gasteiger partial charge in [0.1, 0.15) is 0 Å². The number of nitrogen functional groups attached to an aromatic ring is 1. The molecule has 1 aromatic heterocycles. The van der Waals surface area contributed by atoms with Crippen molar-refractivity contribution >= 4 is 29.0 Å². The second-order valence-corrected chi connectivity index (χ2v) is 4.35. The molecule has 0 unspecified atom stereocenters.